The van der Waals surface area contributed by atoms with Crippen LogP contribution in [-0.4, -0.2) is 41.4 Å². The van der Waals surface area contributed by atoms with Gasteiger partial charge in [-0.2, -0.15) is 0 Å². The van der Waals surface area contributed by atoms with E-state index in [1.807, 2.05) is 30.3 Å². The molecule has 3 aromatic carbocycles. The number of fused-ring (bicyclic) bond motifs is 1. The molecule has 0 radical (unpaired) electrons. The number of rotatable bonds is 6. The standard InChI is InChI=1S/C27H29NO4S/c1-27(2)16-28(17-27)13-14-31-22-10-5-18(6-11-22)25-26(19-3-7-20(29)8-4-19)33-24-15-21(30)9-12-23(24)32-25/h3-12,15,25-26,29-30H,13-14,16-17H2,1-2H3/t25-,26+/m0/s1. The molecule has 6 heteroatoms. The Balaban J connectivity index is 1.32. The number of phenolic OH excluding ortho intramolecular Hbond substituents is 2. The first-order valence-electron chi connectivity index (χ1n) is 11.3. The molecule has 1 saturated heterocycles. The lowest BCUT2D eigenvalue weighted by Crippen LogP contribution is -2.53. The summed E-state index contributed by atoms with van der Waals surface area (Å²) in [7, 11) is 0. The maximum Gasteiger partial charge on any atom is 0.140 e. The van der Waals surface area contributed by atoms with Crippen LogP contribution in [0.4, 0.5) is 0 Å². The second-order valence-corrected chi connectivity index (χ2v) is 10.8. The van der Waals surface area contributed by atoms with E-state index in [0.717, 1.165) is 47.2 Å². The summed E-state index contributed by atoms with van der Waals surface area (Å²) in [4.78, 5) is 3.32. The van der Waals surface area contributed by atoms with Gasteiger partial charge in [0, 0.05) is 19.6 Å². The van der Waals surface area contributed by atoms with E-state index in [2.05, 4.69) is 30.9 Å². The second kappa shape index (κ2) is 8.84. The number of hydrogen-bond donors (Lipinski definition) is 2. The molecule has 0 aliphatic carbocycles. The first kappa shape index (κ1) is 22.0. The van der Waals surface area contributed by atoms with Gasteiger partial charge in [0.15, 0.2) is 0 Å². The van der Waals surface area contributed by atoms with Crippen LogP contribution in [0.15, 0.2) is 71.6 Å². The summed E-state index contributed by atoms with van der Waals surface area (Å²) >= 11 is 1.66. The van der Waals surface area contributed by atoms with E-state index in [-0.39, 0.29) is 22.9 Å². The number of aromatic hydroxyl groups is 2. The number of hydrogen-bond acceptors (Lipinski definition) is 6. The predicted octanol–water partition coefficient (Wildman–Crippen LogP) is 5.79. The molecule has 5 nitrogen and oxygen atoms in total. The lowest BCUT2D eigenvalue weighted by molar-refractivity contribution is 0.0213. The van der Waals surface area contributed by atoms with Gasteiger partial charge < -0.3 is 19.7 Å². The maximum atomic E-state index is 9.93. The van der Waals surface area contributed by atoms with Crippen molar-refractivity contribution in [1.29, 1.82) is 0 Å². The molecule has 0 amide bonds. The Kier molecular flexibility index (Phi) is 5.89. The minimum atomic E-state index is -0.214. The Hall–Kier alpha value is -2.83. The molecule has 0 spiro atoms. The van der Waals surface area contributed by atoms with Crippen molar-refractivity contribution in [2.45, 2.75) is 30.1 Å². The molecular weight excluding hydrogens is 434 g/mol. The fourth-order valence-electron chi connectivity index (χ4n) is 4.60. The zero-order chi connectivity index (χ0) is 23.0. The van der Waals surface area contributed by atoms with E-state index < -0.39 is 0 Å². The minimum absolute atomic E-state index is 0.0264. The average molecular weight is 464 g/mol. The van der Waals surface area contributed by atoms with Gasteiger partial charge in [-0.15, -0.1) is 11.8 Å². The molecule has 2 heterocycles. The van der Waals surface area contributed by atoms with Crippen molar-refractivity contribution >= 4 is 11.8 Å². The van der Waals surface area contributed by atoms with Crippen molar-refractivity contribution < 1.29 is 19.7 Å². The molecule has 0 aromatic heterocycles. The lowest BCUT2D eigenvalue weighted by Gasteiger charge is -2.45. The quantitative estimate of drug-likeness (QED) is 0.483. The highest BCUT2D eigenvalue weighted by molar-refractivity contribution is 7.99. The largest absolute Gasteiger partial charge is 0.508 e. The van der Waals surface area contributed by atoms with Crippen LogP contribution in [0, 0.1) is 5.41 Å². The highest BCUT2D eigenvalue weighted by atomic mass is 32.2. The summed E-state index contributed by atoms with van der Waals surface area (Å²) in [6.45, 7) is 8.47. The molecule has 2 atom stereocenters. The van der Waals surface area contributed by atoms with Crippen molar-refractivity contribution in [1.82, 2.24) is 4.90 Å². The number of nitrogens with zero attached hydrogens (tertiary/aromatic N) is 1. The number of phenols is 2. The van der Waals surface area contributed by atoms with Crippen LogP contribution >= 0.6 is 11.8 Å². The summed E-state index contributed by atoms with van der Waals surface area (Å²) in [6.07, 6.45) is -0.214. The van der Waals surface area contributed by atoms with Crippen molar-refractivity contribution in [3.63, 3.8) is 0 Å². The molecule has 0 bridgehead atoms. The summed E-state index contributed by atoms with van der Waals surface area (Å²) in [6, 6.07) is 20.6. The Morgan fingerprint density at radius 2 is 1.61 bits per heavy atom. The second-order valence-electron chi connectivity index (χ2n) is 9.59. The number of likely N-dealkylation sites (tertiary alicyclic amines) is 1. The molecular formula is C27H29NO4S. The van der Waals surface area contributed by atoms with Crippen LogP contribution in [0.2, 0.25) is 0 Å². The predicted molar refractivity (Wildman–Crippen MR) is 130 cm³/mol. The van der Waals surface area contributed by atoms with Gasteiger partial charge in [0.05, 0.1) is 10.1 Å². The summed E-state index contributed by atoms with van der Waals surface area (Å²) in [5.41, 5.74) is 2.54. The number of ether oxygens (including phenoxy) is 2. The molecule has 2 aliphatic heterocycles. The SMILES string of the molecule is CC1(C)CN(CCOc2ccc([C@@H]3Oc4ccc(O)cc4S[C@@H]3c3ccc(O)cc3)cc2)C1. The Morgan fingerprint density at radius 1 is 0.939 bits per heavy atom. The third-order valence-corrected chi connectivity index (χ3v) is 7.47. The zero-order valence-electron chi connectivity index (χ0n) is 18.9. The smallest absolute Gasteiger partial charge is 0.140 e. The molecule has 0 unspecified atom stereocenters. The van der Waals surface area contributed by atoms with E-state index >= 15 is 0 Å². The first-order valence-corrected chi connectivity index (χ1v) is 12.1. The van der Waals surface area contributed by atoms with Crippen LogP contribution < -0.4 is 9.47 Å². The third-order valence-electron chi connectivity index (χ3n) is 6.12. The van der Waals surface area contributed by atoms with Gasteiger partial charge in [0.2, 0.25) is 0 Å². The van der Waals surface area contributed by atoms with E-state index in [1.54, 1.807) is 36.0 Å². The summed E-state index contributed by atoms with van der Waals surface area (Å²) in [5, 5.41) is 19.6. The van der Waals surface area contributed by atoms with Crippen LogP contribution in [-0.2, 0) is 0 Å². The third kappa shape index (κ3) is 4.92. The van der Waals surface area contributed by atoms with Gasteiger partial charge in [-0.1, -0.05) is 38.1 Å². The molecule has 33 heavy (non-hydrogen) atoms. The molecule has 2 N–H and O–H groups in total. The van der Waals surface area contributed by atoms with Crippen LogP contribution in [0.3, 0.4) is 0 Å². The maximum absolute atomic E-state index is 9.93. The first-order chi connectivity index (χ1) is 15.9. The zero-order valence-corrected chi connectivity index (χ0v) is 19.7. The Labute approximate surface area is 199 Å². The Morgan fingerprint density at radius 3 is 2.30 bits per heavy atom. The van der Waals surface area contributed by atoms with Crippen molar-refractivity contribution in [2.24, 2.45) is 5.41 Å². The highest BCUT2D eigenvalue weighted by Gasteiger charge is 2.34. The monoisotopic (exact) mass is 463 g/mol. The van der Waals surface area contributed by atoms with Crippen LogP contribution in [0.5, 0.6) is 23.0 Å². The Bertz CT molecular complexity index is 1110. The van der Waals surface area contributed by atoms with Crippen LogP contribution in [0.1, 0.15) is 36.3 Å². The minimum Gasteiger partial charge on any atom is -0.508 e. The fraction of sp³-hybridized carbons (Fsp3) is 0.333. The molecule has 0 saturated carbocycles. The number of thioether (sulfide) groups is 1. The van der Waals surface area contributed by atoms with E-state index in [9.17, 15) is 10.2 Å². The molecule has 1 fully saturated rings. The topological polar surface area (TPSA) is 62.2 Å². The van der Waals surface area contributed by atoms with Gasteiger partial charge in [-0.3, -0.25) is 4.90 Å². The molecule has 172 valence electrons. The molecule has 2 aliphatic rings. The number of benzene rings is 3. The van der Waals surface area contributed by atoms with Gasteiger partial charge in [0.25, 0.3) is 0 Å². The average Bonchev–Trinajstić information content (AvgIpc) is 2.78. The van der Waals surface area contributed by atoms with Gasteiger partial charge >= 0.3 is 0 Å². The molecule has 5 rings (SSSR count). The van der Waals surface area contributed by atoms with E-state index in [4.69, 9.17) is 9.47 Å². The lowest BCUT2D eigenvalue weighted by atomic mass is 9.84. The van der Waals surface area contributed by atoms with E-state index in [1.165, 1.54) is 0 Å². The van der Waals surface area contributed by atoms with Crippen LogP contribution in [0.25, 0.3) is 0 Å². The van der Waals surface area contributed by atoms with Gasteiger partial charge in [-0.25, -0.2) is 0 Å². The van der Waals surface area contributed by atoms with Crippen molar-refractivity contribution in [3.05, 3.63) is 77.9 Å². The fourth-order valence-corrected chi connectivity index (χ4v) is 5.93. The summed E-state index contributed by atoms with van der Waals surface area (Å²) in [5.74, 6) is 2.07. The highest BCUT2D eigenvalue weighted by Crippen LogP contribution is 2.54. The van der Waals surface area contributed by atoms with Gasteiger partial charge in [0.1, 0.15) is 35.7 Å². The van der Waals surface area contributed by atoms with E-state index in [0.29, 0.717) is 12.0 Å². The normalized spacial score (nSPS) is 21.5. The summed E-state index contributed by atoms with van der Waals surface area (Å²) < 4.78 is 12.4. The van der Waals surface area contributed by atoms with Crippen molar-refractivity contribution in [2.75, 3.05) is 26.2 Å². The van der Waals surface area contributed by atoms with Gasteiger partial charge in [-0.05, 0) is 59.0 Å². The van der Waals surface area contributed by atoms with Crippen molar-refractivity contribution in [3.8, 4) is 23.0 Å². The molecule has 3 aromatic rings.